The average Bonchev–Trinajstić information content (AvgIpc) is 2.45. The van der Waals surface area contributed by atoms with Gasteiger partial charge in [-0.1, -0.05) is 4.98 Å². The second-order valence-electron chi connectivity index (χ2n) is 1.70. The number of aliphatic hydroxyl groups excluding tert-OH is 1. The molecule has 0 amide bonds. The Morgan fingerprint density at radius 1 is 2.18 bits per heavy atom. The van der Waals surface area contributed by atoms with E-state index in [-0.39, 0.29) is 4.57 Å². The van der Waals surface area contributed by atoms with Crippen molar-refractivity contribution in [3.8, 4) is 0 Å². The number of aromatic nitrogens is 2. The molecule has 1 aromatic rings. The first-order chi connectivity index (χ1) is 6.75. The van der Waals surface area contributed by atoms with E-state index in [1.165, 1.54) is 0 Å². The third-order valence-corrected chi connectivity index (χ3v) is 1.07. The lowest BCUT2D eigenvalue weighted by Gasteiger charge is -1.94. The second kappa shape index (κ2) is 2.67. The highest BCUT2D eigenvalue weighted by Crippen LogP contribution is 2.09. The van der Waals surface area contributed by atoms with Crippen molar-refractivity contribution in [2.24, 2.45) is 6.98 Å². The molecule has 6 nitrogen and oxygen atoms in total. The molecule has 0 saturated carbocycles. The second-order valence-corrected chi connectivity index (χ2v) is 1.70. The van der Waals surface area contributed by atoms with Crippen LogP contribution in [0.5, 0.6) is 0 Å². The normalized spacial score (nSPS) is 19.4. The van der Waals surface area contributed by atoms with E-state index in [0.717, 1.165) is 6.20 Å². The van der Waals surface area contributed by atoms with Crippen LogP contribution < -0.4 is 0 Å². The first-order valence-corrected chi connectivity index (χ1v) is 2.58. The van der Waals surface area contributed by atoms with Crippen molar-refractivity contribution in [3.63, 3.8) is 0 Å². The summed E-state index contributed by atoms with van der Waals surface area (Å²) in [7, 11) is 0. The molecule has 1 unspecified atom stereocenters. The maximum Gasteiger partial charge on any atom is 0.434 e. The van der Waals surface area contributed by atoms with E-state index in [0.29, 0.717) is 0 Å². The number of hydrogen-bond donors (Lipinski definition) is 1. The zero-order valence-corrected chi connectivity index (χ0v) is 5.26. The standard InChI is InChI=1S/C5H7N3O3/c1-7-4(3-9)2-6-5(7)8(10)11/h2,9H,3H2,1H3/i1D3,3D. The van der Waals surface area contributed by atoms with Crippen LogP contribution >= 0.6 is 0 Å². The van der Waals surface area contributed by atoms with Gasteiger partial charge in [0, 0.05) is 0 Å². The van der Waals surface area contributed by atoms with Crippen LogP contribution in [0.25, 0.3) is 0 Å². The van der Waals surface area contributed by atoms with Gasteiger partial charge in [-0.05, 0) is 4.92 Å². The summed E-state index contributed by atoms with van der Waals surface area (Å²) in [6.45, 7) is -4.73. The minimum Gasteiger partial charge on any atom is -0.390 e. The molecule has 0 aliphatic heterocycles. The highest BCUT2D eigenvalue weighted by atomic mass is 16.6. The predicted octanol–water partition coefficient (Wildman–Crippen LogP) is -0.179. The van der Waals surface area contributed by atoms with Gasteiger partial charge < -0.3 is 15.2 Å². The Balaban J connectivity index is 3.40. The summed E-state index contributed by atoms with van der Waals surface area (Å²) in [6.07, 6.45) is 0.794. The van der Waals surface area contributed by atoms with Gasteiger partial charge in [0.05, 0.1) is 12.5 Å². The zero-order chi connectivity index (χ0) is 11.8. The van der Waals surface area contributed by atoms with Gasteiger partial charge >= 0.3 is 5.95 Å². The van der Waals surface area contributed by atoms with Crippen molar-refractivity contribution >= 4 is 5.95 Å². The van der Waals surface area contributed by atoms with Crippen molar-refractivity contribution in [1.29, 1.82) is 0 Å². The first-order valence-electron chi connectivity index (χ1n) is 4.65. The van der Waals surface area contributed by atoms with Crippen LogP contribution in [0.15, 0.2) is 6.20 Å². The quantitative estimate of drug-likeness (QED) is 0.482. The Morgan fingerprint density at radius 2 is 2.91 bits per heavy atom. The van der Waals surface area contributed by atoms with Crippen LogP contribution in [0.3, 0.4) is 0 Å². The highest BCUT2D eigenvalue weighted by Gasteiger charge is 2.15. The highest BCUT2D eigenvalue weighted by molar-refractivity contribution is 5.13. The van der Waals surface area contributed by atoms with Crippen molar-refractivity contribution in [2.75, 3.05) is 0 Å². The summed E-state index contributed by atoms with van der Waals surface area (Å²) >= 11 is 0. The van der Waals surface area contributed by atoms with E-state index >= 15 is 0 Å². The fraction of sp³-hybridized carbons (Fsp3) is 0.400. The molecule has 11 heavy (non-hydrogen) atoms. The summed E-state index contributed by atoms with van der Waals surface area (Å²) < 4.78 is 28.2. The van der Waals surface area contributed by atoms with Crippen molar-refractivity contribution in [2.45, 2.75) is 6.58 Å². The fourth-order valence-electron chi connectivity index (χ4n) is 0.575. The lowest BCUT2D eigenvalue weighted by molar-refractivity contribution is -0.396. The molecule has 1 rings (SSSR count). The smallest absolute Gasteiger partial charge is 0.390 e. The number of nitrogens with zero attached hydrogens (tertiary/aromatic N) is 3. The maximum absolute atomic E-state index is 10.4. The van der Waals surface area contributed by atoms with Crippen LogP contribution in [-0.2, 0) is 13.6 Å². The molecule has 1 aromatic heterocycles. The Bertz CT molecular complexity index is 385. The molecule has 60 valence electrons. The Morgan fingerprint density at radius 3 is 3.36 bits per heavy atom. The number of nitro groups is 1. The molecule has 0 aliphatic carbocycles. The van der Waals surface area contributed by atoms with Crippen LogP contribution in [0.2, 0.25) is 0 Å². The summed E-state index contributed by atoms with van der Waals surface area (Å²) in [5.41, 5.74) is -0.443. The minimum absolute atomic E-state index is 0.255. The Kier molecular flexibility index (Phi) is 0.925. The van der Waals surface area contributed by atoms with E-state index in [9.17, 15) is 10.1 Å². The fourth-order valence-corrected chi connectivity index (χ4v) is 0.575. The molecule has 1 heterocycles. The molecule has 0 aromatic carbocycles. The number of hydrogen-bond acceptors (Lipinski definition) is 4. The van der Waals surface area contributed by atoms with E-state index in [2.05, 4.69) is 4.98 Å². The van der Waals surface area contributed by atoms with Gasteiger partial charge in [-0.2, -0.15) is 0 Å². The molecule has 1 atom stereocenters. The van der Waals surface area contributed by atoms with E-state index < -0.39 is 30.1 Å². The predicted molar refractivity (Wildman–Crippen MR) is 35.8 cm³/mol. The summed E-state index contributed by atoms with van der Waals surface area (Å²) in [6, 6.07) is 0. The molecule has 6 heteroatoms. The van der Waals surface area contributed by atoms with Crippen LogP contribution in [0.4, 0.5) is 5.95 Å². The number of imidazole rings is 1. The van der Waals surface area contributed by atoms with Gasteiger partial charge in [0.1, 0.15) is 18.5 Å². The molecular formula is C5H7N3O3. The molecule has 0 saturated heterocycles. The molecule has 0 aliphatic rings. The molecule has 0 fully saturated rings. The Hall–Kier alpha value is -1.43. The lowest BCUT2D eigenvalue weighted by atomic mass is 10.5. The third kappa shape index (κ3) is 1.20. The monoisotopic (exact) mass is 161 g/mol. The third-order valence-electron chi connectivity index (χ3n) is 1.07. The van der Waals surface area contributed by atoms with Crippen molar-refractivity contribution < 1.29 is 15.5 Å². The van der Waals surface area contributed by atoms with Gasteiger partial charge in [0.25, 0.3) is 0 Å². The maximum atomic E-state index is 10.4. The SMILES string of the molecule is [2H]C(O)c1cnc([N+](=O)[O-])n1C([2H])([2H])[2H]. The van der Waals surface area contributed by atoms with Crippen LogP contribution in [0, 0.1) is 10.1 Å². The van der Waals surface area contributed by atoms with Gasteiger partial charge in [0.15, 0.2) is 0 Å². The molecular weight excluding hydrogens is 150 g/mol. The molecule has 0 radical (unpaired) electrons. The van der Waals surface area contributed by atoms with Crippen LogP contribution in [-0.4, -0.2) is 19.6 Å². The van der Waals surface area contributed by atoms with Gasteiger partial charge in [-0.25, -0.2) is 4.57 Å². The van der Waals surface area contributed by atoms with Gasteiger partial charge in [0.2, 0.25) is 0 Å². The topological polar surface area (TPSA) is 81.2 Å². The van der Waals surface area contributed by atoms with Gasteiger partial charge in [-0.15, -0.1) is 0 Å². The molecule has 0 bridgehead atoms. The van der Waals surface area contributed by atoms with E-state index in [1.807, 2.05) is 0 Å². The number of rotatable bonds is 2. The zero-order valence-electron chi connectivity index (χ0n) is 9.26. The molecule has 0 spiro atoms. The van der Waals surface area contributed by atoms with E-state index in [4.69, 9.17) is 10.6 Å². The van der Waals surface area contributed by atoms with E-state index in [1.54, 1.807) is 0 Å². The molecule has 1 N–H and O–H groups in total. The lowest BCUT2D eigenvalue weighted by Crippen LogP contribution is -2.01. The van der Waals surface area contributed by atoms with Crippen molar-refractivity contribution in [3.05, 3.63) is 22.0 Å². The first kappa shape index (κ1) is 3.82. The minimum atomic E-state index is -2.85. The summed E-state index contributed by atoms with van der Waals surface area (Å²) in [5.74, 6) is -0.920. The average molecular weight is 161 g/mol. The summed E-state index contributed by atoms with van der Waals surface area (Å²) in [5, 5.41) is 19.3. The largest absolute Gasteiger partial charge is 0.434 e. The van der Waals surface area contributed by atoms with Crippen molar-refractivity contribution in [1.82, 2.24) is 9.55 Å². The van der Waals surface area contributed by atoms with Gasteiger partial charge in [-0.3, -0.25) is 0 Å². The Labute approximate surface area is 67.9 Å². The summed E-state index contributed by atoms with van der Waals surface area (Å²) in [4.78, 5) is 12.7. The number of aliphatic hydroxyl groups is 1. The van der Waals surface area contributed by atoms with Crippen LogP contribution in [0.1, 0.15) is 11.2 Å².